The standard InChI is InChI=1S/C21H29FO3S/c1-14(2)26(24,25)13-15-3-6-17(7-4-15)21(23)10-16-5-8-18-11-20(22)12-19(18)9-16/h5,8-9,14-15,17,20H,3-4,6-7,10-13H2,1-2H3. The maximum Gasteiger partial charge on any atom is 0.152 e. The van der Waals surface area contributed by atoms with Crippen LogP contribution in [0.3, 0.4) is 0 Å². The van der Waals surface area contributed by atoms with Crippen LogP contribution >= 0.6 is 0 Å². The van der Waals surface area contributed by atoms with Crippen LogP contribution in [-0.2, 0) is 33.9 Å². The van der Waals surface area contributed by atoms with Gasteiger partial charge in [0.2, 0.25) is 0 Å². The molecule has 0 amide bonds. The molecule has 1 aromatic carbocycles. The largest absolute Gasteiger partial charge is 0.299 e. The molecule has 0 saturated heterocycles. The molecule has 0 radical (unpaired) electrons. The van der Waals surface area contributed by atoms with E-state index in [4.69, 9.17) is 0 Å². The number of hydrogen-bond acceptors (Lipinski definition) is 3. The number of carbonyl (C=O) groups excluding carboxylic acids is 1. The Bertz CT molecular complexity index is 761. The van der Waals surface area contributed by atoms with E-state index in [-0.39, 0.29) is 28.6 Å². The Morgan fingerprint density at radius 3 is 2.42 bits per heavy atom. The molecule has 144 valence electrons. The van der Waals surface area contributed by atoms with Gasteiger partial charge in [0.15, 0.2) is 9.84 Å². The Morgan fingerprint density at radius 1 is 1.12 bits per heavy atom. The molecule has 1 saturated carbocycles. The Hall–Kier alpha value is -1.23. The summed E-state index contributed by atoms with van der Waals surface area (Å²) in [7, 11) is -3.01. The molecule has 1 fully saturated rings. The number of benzene rings is 1. The molecule has 5 heteroatoms. The van der Waals surface area contributed by atoms with Gasteiger partial charge in [0, 0.05) is 25.2 Å². The van der Waals surface area contributed by atoms with Crippen LogP contribution in [0.15, 0.2) is 18.2 Å². The zero-order valence-corrected chi connectivity index (χ0v) is 16.5. The van der Waals surface area contributed by atoms with Gasteiger partial charge in [-0.25, -0.2) is 12.8 Å². The molecule has 3 nitrogen and oxygen atoms in total. The van der Waals surface area contributed by atoms with E-state index >= 15 is 0 Å². The van der Waals surface area contributed by atoms with Crippen LogP contribution in [-0.4, -0.2) is 31.4 Å². The number of Topliss-reactive ketones (excluding diaryl/α,β-unsaturated/α-hetero) is 1. The van der Waals surface area contributed by atoms with Crippen molar-refractivity contribution >= 4 is 15.6 Å². The molecule has 1 unspecified atom stereocenters. The first-order valence-electron chi connectivity index (χ1n) is 9.73. The molecule has 1 aromatic rings. The molecule has 26 heavy (non-hydrogen) atoms. The van der Waals surface area contributed by atoms with Crippen LogP contribution < -0.4 is 0 Å². The summed E-state index contributed by atoms with van der Waals surface area (Å²) in [5.74, 6) is 0.717. The lowest BCUT2D eigenvalue weighted by atomic mass is 9.79. The zero-order valence-electron chi connectivity index (χ0n) is 15.7. The van der Waals surface area contributed by atoms with Crippen molar-refractivity contribution in [1.29, 1.82) is 0 Å². The first-order chi connectivity index (χ1) is 12.2. The second-order valence-electron chi connectivity index (χ2n) is 8.35. The third kappa shape index (κ3) is 4.54. The molecular formula is C21H29FO3S. The Labute approximate surface area is 156 Å². The molecule has 0 bridgehead atoms. The predicted octanol–water partition coefficient (Wildman–Crippen LogP) is 3.86. The van der Waals surface area contributed by atoms with Gasteiger partial charge in [0.1, 0.15) is 12.0 Å². The van der Waals surface area contributed by atoms with Crippen LogP contribution in [0.1, 0.15) is 56.2 Å². The van der Waals surface area contributed by atoms with Crippen molar-refractivity contribution in [3.8, 4) is 0 Å². The molecule has 2 aliphatic rings. The summed E-state index contributed by atoms with van der Waals surface area (Å²) in [6.45, 7) is 3.46. The van der Waals surface area contributed by atoms with Crippen molar-refractivity contribution in [3.05, 3.63) is 34.9 Å². The monoisotopic (exact) mass is 380 g/mol. The lowest BCUT2D eigenvalue weighted by molar-refractivity contribution is -0.123. The Kier molecular flexibility index (Phi) is 5.85. The van der Waals surface area contributed by atoms with E-state index in [1.807, 2.05) is 18.2 Å². The van der Waals surface area contributed by atoms with E-state index in [0.717, 1.165) is 42.4 Å². The van der Waals surface area contributed by atoms with Gasteiger partial charge in [-0.1, -0.05) is 18.2 Å². The highest BCUT2D eigenvalue weighted by molar-refractivity contribution is 7.91. The SMILES string of the molecule is CC(C)S(=O)(=O)CC1CCC(C(=O)Cc2ccc3c(c2)CC(F)C3)CC1. The van der Waals surface area contributed by atoms with Crippen LogP contribution in [0.25, 0.3) is 0 Å². The molecule has 0 aromatic heterocycles. The highest BCUT2D eigenvalue weighted by Gasteiger charge is 2.30. The summed E-state index contributed by atoms with van der Waals surface area (Å²) in [5, 5.41) is -0.328. The van der Waals surface area contributed by atoms with Crippen molar-refractivity contribution in [3.63, 3.8) is 0 Å². The summed E-state index contributed by atoms with van der Waals surface area (Å²) in [6, 6.07) is 5.91. The van der Waals surface area contributed by atoms with Gasteiger partial charge < -0.3 is 0 Å². The van der Waals surface area contributed by atoms with Crippen LogP contribution in [0.5, 0.6) is 0 Å². The lowest BCUT2D eigenvalue weighted by Gasteiger charge is -2.28. The van der Waals surface area contributed by atoms with Gasteiger partial charge in [-0.05, 0) is 62.1 Å². The number of alkyl halides is 1. The first kappa shape index (κ1) is 19.5. The zero-order chi connectivity index (χ0) is 18.9. The van der Waals surface area contributed by atoms with E-state index in [9.17, 15) is 17.6 Å². The number of sulfone groups is 1. The fourth-order valence-corrected chi connectivity index (χ4v) is 5.62. The minimum atomic E-state index is -3.01. The Balaban J connectivity index is 1.52. The van der Waals surface area contributed by atoms with Crippen LogP contribution in [0.4, 0.5) is 4.39 Å². The average molecular weight is 381 g/mol. The first-order valence-corrected chi connectivity index (χ1v) is 11.4. The maximum absolute atomic E-state index is 13.5. The molecule has 0 spiro atoms. The van der Waals surface area contributed by atoms with Crippen LogP contribution in [0, 0.1) is 11.8 Å². The average Bonchev–Trinajstić information content (AvgIpc) is 2.94. The molecule has 0 N–H and O–H groups in total. The van der Waals surface area contributed by atoms with Crippen molar-refractivity contribution in [2.45, 2.75) is 70.2 Å². The smallest absolute Gasteiger partial charge is 0.152 e. The summed E-state index contributed by atoms with van der Waals surface area (Å²) >= 11 is 0. The molecule has 0 aliphatic heterocycles. The second kappa shape index (κ2) is 7.79. The van der Waals surface area contributed by atoms with E-state index in [1.165, 1.54) is 0 Å². The van der Waals surface area contributed by atoms with Gasteiger partial charge in [-0.15, -0.1) is 0 Å². The summed E-state index contributed by atoms with van der Waals surface area (Å²) in [4.78, 5) is 12.6. The summed E-state index contributed by atoms with van der Waals surface area (Å²) in [5.41, 5.74) is 3.10. The quantitative estimate of drug-likeness (QED) is 0.753. The fraction of sp³-hybridized carbons (Fsp3) is 0.667. The van der Waals surface area contributed by atoms with Gasteiger partial charge in [-0.2, -0.15) is 0 Å². The number of ketones is 1. The van der Waals surface area contributed by atoms with Crippen molar-refractivity contribution < 1.29 is 17.6 Å². The van der Waals surface area contributed by atoms with Crippen LogP contribution in [0.2, 0.25) is 0 Å². The normalized spacial score (nSPS) is 26.1. The van der Waals surface area contributed by atoms with E-state index in [1.54, 1.807) is 13.8 Å². The van der Waals surface area contributed by atoms with Crippen molar-refractivity contribution in [2.75, 3.05) is 5.75 Å². The molecular weight excluding hydrogens is 351 g/mol. The minimum absolute atomic E-state index is 0.0372. The molecule has 1 atom stereocenters. The molecule has 0 heterocycles. The van der Waals surface area contributed by atoms with Gasteiger partial charge in [0.05, 0.1) is 11.0 Å². The molecule has 3 rings (SSSR count). The minimum Gasteiger partial charge on any atom is -0.299 e. The lowest BCUT2D eigenvalue weighted by Crippen LogP contribution is -2.29. The highest BCUT2D eigenvalue weighted by atomic mass is 32.2. The maximum atomic E-state index is 13.5. The topological polar surface area (TPSA) is 51.2 Å². The highest BCUT2D eigenvalue weighted by Crippen LogP contribution is 2.32. The number of rotatable bonds is 6. The Morgan fingerprint density at radius 2 is 1.77 bits per heavy atom. The second-order valence-corrected chi connectivity index (χ2v) is 10.9. The molecule has 2 aliphatic carbocycles. The van der Waals surface area contributed by atoms with Crippen molar-refractivity contribution in [1.82, 2.24) is 0 Å². The van der Waals surface area contributed by atoms with Gasteiger partial charge in [0.25, 0.3) is 0 Å². The number of halogens is 1. The van der Waals surface area contributed by atoms with Gasteiger partial charge in [-0.3, -0.25) is 4.79 Å². The third-order valence-corrected chi connectivity index (χ3v) is 8.39. The van der Waals surface area contributed by atoms with Gasteiger partial charge >= 0.3 is 0 Å². The number of hydrogen-bond donors (Lipinski definition) is 0. The van der Waals surface area contributed by atoms with E-state index in [2.05, 4.69) is 0 Å². The summed E-state index contributed by atoms with van der Waals surface area (Å²) < 4.78 is 37.7. The summed E-state index contributed by atoms with van der Waals surface area (Å²) in [6.07, 6.45) is 3.78. The van der Waals surface area contributed by atoms with Crippen molar-refractivity contribution in [2.24, 2.45) is 11.8 Å². The third-order valence-electron chi connectivity index (χ3n) is 6.02. The van der Waals surface area contributed by atoms with E-state index < -0.39 is 16.0 Å². The number of fused-ring (bicyclic) bond motifs is 1. The van der Waals surface area contributed by atoms with E-state index in [0.29, 0.717) is 19.3 Å². The fourth-order valence-electron chi connectivity index (χ4n) is 4.25. The number of carbonyl (C=O) groups is 1. The predicted molar refractivity (Wildman–Crippen MR) is 102 cm³/mol.